The van der Waals surface area contributed by atoms with Crippen molar-refractivity contribution in [2.24, 2.45) is 7.05 Å². The van der Waals surface area contributed by atoms with E-state index in [2.05, 4.69) is 14.9 Å². The first-order valence-corrected chi connectivity index (χ1v) is 10.2. The highest BCUT2D eigenvalue weighted by atomic mass is 32.2. The van der Waals surface area contributed by atoms with E-state index in [9.17, 15) is 8.42 Å². The van der Waals surface area contributed by atoms with Crippen LogP contribution in [-0.2, 0) is 23.6 Å². The van der Waals surface area contributed by atoms with Crippen molar-refractivity contribution in [1.29, 1.82) is 0 Å². The van der Waals surface area contributed by atoms with Gasteiger partial charge in [-0.15, -0.1) is 11.3 Å². The second-order valence-corrected chi connectivity index (χ2v) is 8.54. The van der Waals surface area contributed by atoms with Crippen LogP contribution in [0.25, 0.3) is 10.6 Å². The number of hydrogen-bond acceptors (Lipinski definition) is 5. The molecule has 0 fully saturated rings. The number of aromatic nitrogens is 4. The number of thiophene rings is 1. The SMILES string of the molecule is Cc1nn(C)c(C)c1S(=O)(=O)NCCn1nc(-c2cccs2)cc1C. The second-order valence-electron chi connectivity index (χ2n) is 5.89. The Kier molecular flexibility index (Phi) is 4.81. The molecule has 0 amide bonds. The van der Waals surface area contributed by atoms with Crippen LogP contribution in [0.2, 0.25) is 0 Å². The maximum Gasteiger partial charge on any atom is 0.244 e. The van der Waals surface area contributed by atoms with Gasteiger partial charge in [-0.25, -0.2) is 13.1 Å². The average Bonchev–Trinajstić information content (AvgIpc) is 3.21. The van der Waals surface area contributed by atoms with Gasteiger partial charge in [0.05, 0.1) is 22.8 Å². The van der Waals surface area contributed by atoms with Crippen molar-refractivity contribution in [2.45, 2.75) is 32.2 Å². The van der Waals surface area contributed by atoms with Crippen molar-refractivity contribution in [3.63, 3.8) is 0 Å². The molecule has 0 aliphatic carbocycles. The summed E-state index contributed by atoms with van der Waals surface area (Å²) in [5.41, 5.74) is 3.04. The van der Waals surface area contributed by atoms with E-state index >= 15 is 0 Å². The summed E-state index contributed by atoms with van der Waals surface area (Å²) < 4.78 is 31.2. The van der Waals surface area contributed by atoms with Crippen LogP contribution < -0.4 is 4.72 Å². The molecule has 0 aliphatic heterocycles. The maximum atomic E-state index is 12.6. The molecule has 7 nitrogen and oxygen atoms in total. The maximum absolute atomic E-state index is 12.6. The second kappa shape index (κ2) is 6.74. The molecule has 3 rings (SSSR count). The fourth-order valence-corrected chi connectivity index (χ4v) is 4.92. The standard InChI is InChI=1S/C16H21N5O2S2/c1-11-10-14(15-6-5-9-24-15)19-21(11)8-7-17-25(22,23)16-12(2)18-20(4)13(16)3/h5-6,9-10,17H,7-8H2,1-4H3. The van der Waals surface area contributed by atoms with Gasteiger partial charge in [0.2, 0.25) is 10.0 Å². The van der Waals surface area contributed by atoms with Gasteiger partial charge < -0.3 is 0 Å². The molecule has 0 aromatic carbocycles. The zero-order valence-corrected chi connectivity index (χ0v) is 16.3. The average molecular weight is 380 g/mol. The number of aryl methyl sites for hydroxylation is 3. The van der Waals surface area contributed by atoms with Crippen LogP contribution >= 0.6 is 11.3 Å². The summed E-state index contributed by atoms with van der Waals surface area (Å²) in [4.78, 5) is 1.36. The van der Waals surface area contributed by atoms with Gasteiger partial charge >= 0.3 is 0 Å². The fraction of sp³-hybridized carbons (Fsp3) is 0.375. The summed E-state index contributed by atoms with van der Waals surface area (Å²) in [6, 6.07) is 6.02. The number of sulfonamides is 1. The first kappa shape index (κ1) is 17.8. The van der Waals surface area contributed by atoms with Gasteiger partial charge in [0.25, 0.3) is 0 Å². The quantitative estimate of drug-likeness (QED) is 0.712. The summed E-state index contributed by atoms with van der Waals surface area (Å²) in [6.07, 6.45) is 0. The minimum Gasteiger partial charge on any atom is -0.271 e. The summed E-state index contributed by atoms with van der Waals surface area (Å²) >= 11 is 1.63. The molecule has 25 heavy (non-hydrogen) atoms. The molecular weight excluding hydrogens is 358 g/mol. The van der Waals surface area contributed by atoms with Crippen molar-refractivity contribution < 1.29 is 8.42 Å². The predicted octanol–water partition coefficient (Wildman–Crippen LogP) is 2.25. The number of hydrogen-bond donors (Lipinski definition) is 1. The third-order valence-corrected chi connectivity index (χ3v) is 6.69. The third-order valence-electron chi connectivity index (χ3n) is 4.08. The first-order chi connectivity index (χ1) is 11.8. The van der Waals surface area contributed by atoms with Gasteiger partial charge in [0, 0.05) is 19.3 Å². The van der Waals surface area contributed by atoms with Crippen LogP contribution in [0.15, 0.2) is 28.5 Å². The molecule has 0 aliphatic rings. The summed E-state index contributed by atoms with van der Waals surface area (Å²) in [5.74, 6) is 0. The Hall–Kier alpha value is -1.97. The lowest BCUT2D eigenvalue weighted by atomic mass is 10.3. The molecule has 0 bridgehead atoms. The Morgan fingerprint density at radius 1 is 1.24 bits per heavy atom. The van der Waals surface area contributed by atoms with E-state index in [1.807, 2.05) is 35.2 Å². The van der Waals surface area contributed by atoms with E-state index in [0.717, 1.165) is 16.3 Å². The van der Waals surface area contributed by atoms with Crippen molar-refractivity contribution in [2.75, 3.05) is 6.54 Å². The number of nitrogens with one attached hydrogen (secondary N) is 1. The normalized spacial score (nSPS) is 12.0. The molecule has 0 radical (unpaired) electrons. The smallest absolute Gasteiger partial charge is 0.244 e. The molecule has 3 aromatic heterocycles. The van der Waals surface area contributed by atoms with E-state index in [1.165, 1.54) is 0 Å². The third kappa shape index (κ3) is 3.53. The Bertz CT molecular complexity index is 984. The van der Waals surface area contributed by atoms with E-state index < -0.39 is 10.0 Å². The highest BCUT2D eigenvalue weighted by Gasteiger charge is 2.23. The minimum absolute atomic E-state index is 0.256. The first-order valence-electron chi connectivity index (χ1n) is 7.88. The zero-order chi connectivity index (χ0) is 18.2. The van der Waals surface area contributed by atoms with E-state index in [1.54, 1.807) is 36.9 Å². The van der Waals surface area contributed by atoms with Gasteiger partial charge in [-0.3, -0.25) is 9.36 Å². The Labute approximate surface area is 151 Å². The molecule has 1 N–H and O–H groups in total. The summed E-state index contributed by atoms with van der Waals surface area (Å²) in [6.45, 7) is 6.15. The molecule has 0 spiro atoms. The van der Waals surface area contributed by atoms with Gasteiger partial charge in [-0.2, -0.15) is 10.2 Å². The molecule has 3 aromatic rings. The van der Waals surface area contributed by atoms with Gasteiger partial charge in [0.1, 0.15) is 10.6 Å². The molecule has 0 unspecified atom stereocenters. The lowest BCUT2D eigenvalue weighted by Crippen LogP contribution is -2.28. The van der Waals surface area contributed by atoms with Crippen LogP contribution in [0.4, 0.5) is 0 Å². The van der Waals surface area contributed by atoms with Crippen LogP contribution in [0.5, 0.6) is 0 Å². The van der Waals surface area contributed by atoms with Crippen molar-refractivity contribution in [3.05, 3.63) is 40.7 Å². The molecule has 134 valence electrons. The fourth-order valence-electron chi connectivity index (χ4n) is 2.78. The van der Waals surface area contributed by atoms with Crippen molar-refractivity contribution in [3.8, 4) is 10.6 Å². The number of rotatable bonds is 6. The molecule has 3 heterocycles. The van der Waals surface area contributed by atoms with Gasteiger partial charge in [-0.1, -0.05) is 6.07 Å². The summed E-state index contributed by atoms with van der Waals surface area (Å²) in [7, 11) is -1.86. The van der Waals surface area contributed by atoms with Crippen LogP contribution in [-0.4, -0.2) is 34.5 Å². The highest BCUT2D eigenvalue weighted by molar-refractivity contribution is 7.89. The molecule has 9 heteroatoms. The van der Waals surface area contributed by atoms with Crippen molar-refractivity contribution in [1.82, 2.24) is 24.3 Å². The van der Waals surface area contributed by atoms with Gasteiger partial charge in [0.15, 0.2) is 0 Å². The van der Waals surface area contributed by atoms with Crippen LogP contribution in [0.3, 0.4) is 0 Å². The predicted molar refractivity (Wildman–Crippen MR) is 98.1 cm³/mol. The minimum atomic E-state index is -3.59. The molecule has 0 saturated carbocycles. The topological polar surface area (TPSA) is 81.8 Å². The monoisotopic (exact) mass is 379 g/mol. The van der Waals surface area contributed by atoms with Crippen LogP contribution in [0, 0.1) is 20.8 Å². The van der Waals surface area contributed by atoms with E-state index in [0.29, 0.717) is 17.9 Å². The lowest BCUT2D eigenvalue weighted by Gasteiger charge is -2.08. The van der Waals surface area contributed by atoms with E-state index in [-0.39, 0.29) is 11.4 Å². The largest absolute Gasteiger partial charge is 0.271 e. The van der Waals surface area contributed by atoms with Crippen molar-refractivity contribution >= 4 is 21.4 Å². The molecular formula is C16H21N5O2S2. The Morgan fingerprint density at radius 3 is 2.60 bits per heavy atom. The van der Waals surface area contributed by atoms with E-state index in [4.69, 9.17) is 0 Å². The summed E-state index contributed by atoms with van der Waals surface area (Å²) in [5, 5.41) is 10.7. The number of nitrogens with zero attached hydrogens (tertiary/aromatic N) is 4. The Balaban J connectivity index is 1.71. The molecule has 0 atom stereocenters. The zero-order valence-electron chi connectivity index (χ0n) is 14.6. The lowest BCUT2D eigenvalue weighted by molar-refractivity contribution is 0.555. The van der Waals surface area contributed by atoms with Crippen LogP contribution in [0.1, 0.15) is 17.1 Å². The molecule has 0 saturated heterocycles. The Morgan fingerprint density at radius 2 is 2.00 bits per heavy atom. The highest BCUT2D eigenvalue weighted by Crippen LogP contribution is 2.24. The van der Waals surface area contributed by atoms with Gasteiger partial charge in [-0.05, 0) is 38.3 Å².